The molecule has 3 heterocycles. The summed E-state index contributed by atoms with van der Waals surface area (Å²) in [6.07, 6.45) is 0.541. The van der Waals surface area contributed by atoms with Gasteiger partial charge in [0.15, 0.2) is 0 Å². The van der Waals surface area contributed by atoms with E-state index in [0.717, 1.165) is 16.7 Å². The van der Waals surface area contributed by atoms with Gasteiger partial charge in [0.2, 0.25) is 11.8 Å². The molecule has 30 heavy (non-hydrogen) atoms. The molecule has 3 amide bonds. The van der Waals surface area contributed by atoms with Gasteiger partial charge in [-0.1, -0.05) is 6.07 Å². The Morgan fingerprint density at radius 2 is 2.03 bits per heavy atom. The van der Waals surface area contributed by atoms with E-state index < -0.39 is 11.9 Å². The molecular formula is C22H21N5O3. The summed E-state index contributed by atoms with van der Waals surface area (Å²) in [7, 11) is 1.72. The summed E-state index contributed by atoms with van der Waals surface area (Å²) in [5.41, 5.74) is 4.18. The number of aromatic nitrogens is 1. The molecule has 1 aromatic heterocycles. The highest BCUT2D eigenvalue weighted by molar-refractivity contribution is 6.06. The largest absolute Gasteiger partial charge is 0.372 e. The van der Waals surface area contributed by atoms with Crippen molar-refractivity contribution in [2.24, 2.45) is 0 Å². The Kier molecular flexibility index (Phi) is 4.74. The molecule has 2 aliphatic rings. The smallest absolute Gasteiger partial charge is 0.255 e. The molecule has 2 aliphatic heterocycles. The quantitative estimate of drug-likeness (QED) is 0.760. The van der Waals surface area contributed by atoms with Gasteiger partial charge in [-0.05, 0) is 49.6 Å². The number of nitrogens with one attached hydrogen (secondary N) is 2. The number of anilines is 1. The first-order chi connectivity index (χ1) is 14.3. The number of nitriles is 1. The monoisotopic (exact) mass is 403 g/mol. The Labute approximate surface area is 173 Å². The molecule has 8 heteroatoms. The maximum Gasteiger partial charge on any atom is 0.255 e. The van der Waals surface area contributed by atoms with Crippen LogP contribution in [0.1, 0.15) is 52.9 Å². The summed E-state index contributed by atoms with van der Waals surface area (Å²) in [4.78, 5) is 42.9. The van der Waals surface area contributed by atoms with Crippen LogP contribution < -0.4 is 10.6 Å². The second kappa shape index (κ2) is 7.26. The zero-order chi connectivity index (χ0) is 21.6. The molecule has 1 saturated heterocycles. The van der Waals surface area contributed by atoms with Gasteiger partial charge in [0.1, 0.15) is 17.9 Å². The van der Waals surface area contributed by atoms with Crippen LogP contribution >= 0.6 is 0 Å². The average Bonchev–Trinajstić information content (AvgIpc) is 2.97. The first-order valence-corrected chi connectivity index (χ1v) is 9.76. The van der Waals surface area contributed by atoms with Crippen LogP contribution in [0.2, 0.25) is 0 Å². The fourth-order valence-corrected chi connectivity index (χ4v) is 4.23. The summed E-state index contributed by atoms with van der Waals surface area (Å²) in [5, 5.41) is 14.6. The van der Waals surface area contributed by atoms with E-state index in [4.69, 9.17) is 0 Å². The zero-order valence-corrected chi connectivity index (χ0v) is 16.9. The normalized spacial score (nSPS) is 20.6. The minimum atomic E-state index is -0.660. The molecule has 8 nitrogen and oxygen atoms in total. The van der Waals surface area contributed by atoms with E-state index in [9.17, 15) is 19.6 Å². The number of benzene rings is 1. The van der Waals surface area contributed by atoms with Crippen LogP contribution in [0.4, 0.5) is 5.82 Å². The predicted octanol–water partition coefficient (Wildman–Crippen LogP) is 2.29. The Balaban J connectivity index is 1.72. The maximum absolute atomic E-state index is 13.0. The second-order valence-corrected chi connectivity index (χ2v) is 7.57. The van der Waals surface area contributed by atoms with Crippen molar-refractivity contribution in [3.63, 3.8) is 0 Å². The number of carbonyl (C=O) groups is 3. The third-order valence-electron chi connectivity index (χ3n) is 5.79. The molecule has 1 aromatic carbocycles. The Morgan fingerprint density at radius 1 is 1.27 bits per heavy atom. The van der Waals surface area contributed by atoms with E-state index in [1.165, 1.54) is 0 Å². The highest BCUT2D eigenvalue weighted by Crippen LogP contribution is 2.38. The van der Waals surface area contributed by atoms with Crippen LogP contribution in [0.15, 0.2) is 24.3 Å². The molecule has 1 fully saturated rings. The number of nitrogens with zero attached hydrogens (tertiary/aromatic N) is 3. The van der Waals surface area contributed by atoms with Crippen LogP contribution in [0.3, 0.4) is 0 Å². The third-order valence-corrected chi connectivity index (χ3v) is 5.79. The van der Waals surface area contributed by atoms with Crippen LogP contribution in [-0.4, -0.2) is 40.7 Å². The topological polar surface area (TPSA) is 115 Å². The Morgan fingerprint density at radius 3 is 2.70 bits per heavy atom. The number of aryl methyl sites for hydroxylation is 1. The van der Waals surface area contributed by atoms with Crippen molar-refractivity contribution >= 4 is 23.5 Å². The number of carbonyl (C=O) groups excluding carboxylic acids is 3. The highest BCUT2D eigenvalue weighted by atomic mass is 16.2. The van der Waals surface area contributed by atoms with Gasteiger partial charge in [0, 0.05) is 24.6 Å². The molecule has 0 saturated carbocycles. The van der Waals surface area contributed by atoms with Crippen LogP contribution in [0, 0.1) is 18.3 Å². The lowest BCUT2D eigenvalue weighted by Crippen LogP contribution is -2.53. The summed E-state index contributed by atoms with van der Waals surface area (Å²) >= 11 is 0. The number of hydrogen-bond donors (Lipinski definition) is 2. The molecule has 0 aliphatic carbocycles. The van der Waals surface area contributed by atoms with Crippen LogP contribution in [0.5, 0.6) is 0 Å². The van der Waals surface area contributed by atoms with Crippen LogP contribution in [0.25, 0.3) is 11.3 Å². The molecule has 2 unspecified atom stereocenters. The lowest BCUT2D eigenvalue weighted by atomic mass is 9.98. The first-order valence-electron chi connectivity index (χ1n) is 9.76. The number of hydrogen-bond acceptors (Lipinski definition) is 6. The summed E-state index contributed by atoms with van der Waals surface area (Å²) < 4.78 is 0. The van der Waals surface area contributed by atoms with E-state index in [2.05, 4.69) is 21.7 Å². The lowest BCUT2D eigenvalue weighted by molar-refractivity contribution is -0.137. The van der Waals surface area contributed by atoms with Gasteiger partial charge in [-0.25, -0.2) is 4.98 Å². The second-order valence-electron chi connectivity index (χ2n) is 7.57. The van der Waals surface area contributed by atoms with E-state index in [1.54, 1.807) is 18.0 Å². The fraction of sp³-hybridized carbons (Fsp3) is 0.318. The summed E-state index contributed by atoms with van der Waals surface area (Å²) in [5.74, 6) is -0.443. The minimum Gasteiger partial charge on any atom is -0.372 e. The van der Waals surface area contributed by atoms with Gasteiger partial charge < -0.3 is 10.2 Å². The van der Waals surface area contributed by atoms with Gasteiger partial charge in [-0.3, -0.25) is 19.7 Å². The van der Waals surface area contributed by atoms with E-state index in [0.29, 0.717) is 29.1 Å². The number of amides is 3. The van der Waals surface area contributed by atoms with E-state index in [1.807, 2.05) is 32.0 Å². The molecule has 4 rings (SSSR count). The third kappa shape index (κ3) is 2.99. The molecular weight excluding hydrogens is 382 g/mol. The molecule has 0 radical (unpaired) electrons. The summed E-state index contributed by atoms with van der Waals surface area (Å²) in [6, 6.07) is 8.53. The van der Waals surface area contributed by atoms with Gasteiger partial charge >= 0.3 is 0 Å². The SMILES string of the molecule is CNc1nc(-c2ccc3c(c2)C(C)N(C2CCC(=O)NC2=O)C3=O)cc(C)c1C#N. The lowest BCUT2D eigenvalue weighted by Gasteiger charge is -2.32. The Bertz CT molecular complexity index is 1130. The average molecular weight is 403 g/mol. The van der Waals surface area contributed by atoms with Crippen molar-refractivity contribution in [1.29, 1.82) is 5.26 Å². The maximum atomic E-state index is 13.0. The molecule has 2 atom stereocenters. The van der Waals surface area contributed by atoms with Gasteiger partial charge in [0.05, 0.1) is 17.3 Å². The molecule has 2 N–H and O–H groups in total. The predicted molar refractivity (Wildman–Crippen MR) is 109 cm³/mol. The van der Waals surface area contributed by atoms with Gasteiger partial charge in [-0.15, -0.1) is 0 Å². The zero-order valence-electron chi connectivity index (χ0n) is 16.9. The Hall–Kier alpha value is -3.73. The van der Waals surface area contributed by atoms with Crippen molar-refractivity contribution in [1.82, 2.24) is 15.2 Å². The highest BCUT2D eigenvalue weighted by Gasteiger charge is 2.43. The van der Waals surface area contributed by atoms with E-state index in [-0.39, 0.29) is 24.3 Å². The number of imide groups is 1. The van der Waals surface area contributed by atoms with Gasteiger partial charge in [-0.2, -0.15) is 5.26 Å². The van der Waals surface area contributed by atoms with Crippen molar-refractivity contribution in [3.05, 3.63) is 46.5 Å². The van der Waals surface area contributed by atoms with Crippen molar-refractivity contribution in [2.45, 2.75) is 38.8 Å². The summed E-state index contributed by atoms with van der Waals surface area (Å²) in [6.45, 7) is 3.74. The standard InChI is InChI=1S/C22H21N5O3/c1-11-8-17(25-20(24-3)16(11)10-23)13-4-5-14-15(9-13)12(2)27(22(14)30)18-6-7-19(28)26-21(18)29/h4-5,8-9,12,18H,6-7H2,1-3H3,(H,24,25)(H,26,28,29). The molecule has 0 bridgehead atoms. The van der Waals surface area contributed by atoms with Gasteiger partial charge in [0.25, 0.3) is 5.91 Å². The van der Waals surface area contributed by atoms with E-state index >= 15 is 0 Å². The number of rotatable bonds is 3. The molecule has 2 aromatic rings. The van der Waals surface area contributed by atoms with Crippen molar-refractivity contribution in [3.8, 4) is 17.3 Å². The number of pyridine rings is 1. The minimum absolute atomic E-state index is 0.210. The first kappa shape index (κ1) is 19.6. The fourth-order valence-electron chi connectivity index (χ4n) is 4.23. The van der Waals surface area contributed by atoms with Crippen molar-refractivity contribution < 1.29 is 14.4 Å². The molecule has 0 spiro atoms. The number of piperidine rings is 1. The van der Waals surface area contributed by atoms with Crippen molar-refractivity contribution in [2.75, 3.05) is 12.4 Å². The van der Waals surface area contributed by atoms with Crippen LogP contribution in [-0.2, 0) is 9.59 Å². The molecule has 152 valence electrons. The number of fused-ring (bicyclic) bond motifs is 1.